The Balaban J connectivity index is 1.69. The summed E-state index contributed by atoms with van der Waals surface area (Å²) in [7, 11) is 0. The molecule has 0 fully saturated rings. The van der Waals surface area contributed by atoms with E-state index in [1.807, 2.05) is 0 Å². The van der Waals surface area contributed by atoms with Crippen LogP contribution in [0.2, 0.25) is 0 Å². The zero-order chi connectivity index (χ0) is 23.0. The molecule has 162 valence electrons. The van der Waals surface area contributed by atoms with E-state index in [1.54, 1.807) is 0 Å². The molecule has 1 aliphatic rings. The molecule has 0 aliphatic carbocycles. The zero-order valence-corrected chi connectivity index (χ0v) is 16.3. The number of halogens is 3. The first-order valence-electron chi connectivity index (χ1n) is 9.19. The molecule has 2 heterocycles. The Morgan fingerprint density at radius 2 is 1.84 bits per heavy atom. The number of anilines is 1. The fraction of sp³-hybridized carbons (Fsp3) is 0.0952. The summed E-state index contributed by atoms with van der Waals surface area (Å²) in [5.74, 6) is -1.86. The van der Waals surface area contributed by atoms with Crippen molar-refractivity contribution in [1.82, 2.24) is 19.7 Å². The molecule has 0 radical (unpaired) electrons. The molecular weight excluding hydrogens is 427 g/mol. The number of fused-ring (bicyclic) bond motifs is 1. The smallest absolute Gasteiger partial charge is 0.320 e. The molecule has 0 saturated heterocycles. The number of imide groups is 1. The Kier molecular flexibility index (Phi) is 5.09. The number of rotatable bonds is 5. The molecule has 1 aromatic heterocycles. The van der Waals surface area contributed by atoms with Crippen LogP contribution in [-0.4, -0.2) is 43.9 Å². The van der Waals surface area contributed by atoms with E-state index >= 15 is 0 Å². The highest BCUT2D eigenvalue weighted by Crippen LogP contribution is 2.33. The van der Waals surface area contributed by atoms with Gasteiger partial charge in [0.1, 0.15) is 12.7 Å². The number of amides is 3. The molecule has 3 amide bonds. The van der Waals surface area contributed by atoms with Gasteiger partial charge < -0.3 is 5.32 Å². The third-order valence-electron chi connectivity index (χ3n) is 4.78. The predicted molar refractivity (Wildman–Crippen MR) is 106 cm³/mol. The first-order chi connectivity index (χ1) is 15.2. The summed E-state index contributed by atoms with van der Waals surface area (Å²) in [5, 5.41) is 6.32. The van der Waals surface area contributed by atoms with Gasteiger partial charge in [0.25, 0.3) is 17.7 Å². The van der Waals surface area contributed by atoms with Crippen molar-refractivity contribution in [3.63, 3.8) is 0 Å². The molecule has 11 heteroatoms. The molecule has 0 unspecified atom stereocenters. The molecule has 8 nitrogen and oxygen atoms in total. The highest BCUT2D eigenvalue weighted by Gasteiger charge is 2.35. The van der Waals surface area contributed by atoms with Gasteiger partial charge in [0.2, 0.25) is 0 Å². The number of aromatic nitrogens is 3. The van der Waals surface area contributed by atoms with Gasteiger partial charge in [-0.2, -0.15) is 18.3 Å². The maximum Gasteiger partial charge on any atom is 0.416 e. The quantitative estimate of drug-likeness (QED) is 0.484. The molecule has 0 bridgehead atoms. The Morgan fingerprint density at radius 3 is 2.50 bits per heavy atom. The second kappa shape index (κ2) is 7.76. The minimum absolute atomic E-state index is 0.00712. The second-order valence-electron chi connectivity index (χ2n) is 6.79. The van der Waals surface area contributed by atoms with E-state index in [9.17, 15) is 27.6 Å². The van der Waals surface area contributed by atoms with E-state index in [2.05, 4.69) is 22.0 Å². The Labute approximate surface area is 179 Å². The van der Waals surface area contributed by atoms with Crippen LogP contribution in [0.3, 0.4) is 0 Å². The average Bonchev–Trinajstić information content (AvgIpc) is 3.37. The zero-order valence-electron chi connectivity index (χ0n) is 16.3. The van der Waals surface area contributed by atoms with Crippen LogP contribution in [0.1, 0.15) is 36.6 Å². The summed E-state index contributed by atoms with van der Waals surface area (Å²) >= 11 is 0. The molecule has 0 atom stereocenters. The lowest BCUT2D eigenvalue weighted by Crippen LogP contribution is -2.29. The van der Waals surface area contributed by atoms with E-state index in [4.69, 9.17) is 0 Å². The van der Waals surface area contributed by atoms with Crippen LogP contribution in [0.5, 0.6) is 0 Å². The van der Waals surface area contributed by atoms with E-state index in [0.29, 0.717) is 0 Å². The van der Waals surface area contributed by atoms with E-state index in [1.165, 1.54) is 41.6 Å². The Hall–Kier alpha value is -4.28. The summed E-state index contributed by atoms with van der Waals surface area (Å²) < 4.78 is 40.8. The summed E-state index contributed by atoms with van der Waals surface area (Å²) in [5.41, 5.74) is -0.806. The van der Waals surface area contributed by atoms with Gasteiger partial charge in [0.15, 0.2) is 0 Å². The maximum absolute atomic E-state index is 13.2. The number of nitrogens with one attached hydrogen (secondary N) is 1. The molecule has 32 heavy (non-hydrogen) atoms. The van der Waals surface area contributed by atoms with Crippen molar-refractivity contribution in [3.05, 3.63) is 84.0 Å². The number of nitrogens with zero attached hydrogens (tertiary/aromatic N) is 4. The highest BCUT2D eigenvalue weighted by atomic mass is 19.4. The number of carbonyl (C=O) groups excluding carboxylic acids is 3. The van der Waals surface area contributed by atoms with Gasteiger partial charge in [0.05, 0.1) is 28.1 Å². The SMILES string of the molecule is C=CCN1C(=O)c2ccc(C(=O)Nc3cc(C(F)(F)F)ccc3-n3cncn3)cc2C1=O. The highest BCUT2D eigenvalue weighted by molar-refractivity contribution is 6.22. The summed E-state index contributed by atoms with van der Waals surface area (Å²) in [4.78, 5) is 42.4. The maximum atomic E-state index is 13.2. The van der Waals surface area contributed by atoms with Gasteiger partial charge in [-0.05, 0) is 36.4 Å². The predicted octanol–water partition coefficient (Wildman–Crippen LogP) is 3.32. The normalized spacial score (nSPS) is 13.3. The van der Waals surface area contributed by atoms with E-state index in [-0.39, 0.29) is 34.6 Å². The van der Waals surface area contributed by atoms with Gasteiger partial charge in [-0.15, -0.1) is 6.58 Å². The molecule has 1 aliphatic heterocycles. The van der Waals surface area contributed by atoms with Crippen molar-refractivity contribution in [2.45, 2.75) is 6.18 Å². The molecule has 0 spiro atoms. The number of benzene rings is 2. The van der Waals surface area contributed by atoms with Gasteiger partial charge in [-0.25, -0.2) is 9.67 Å². The van der Waals surface area contributed by atoms with Crippen molar-refractivity contribution in [2.24, 2.45) is 0 Å². The molecular formula is C21H14F3N5O3. The molecule has 3 aromatic rings. The Bertz CT molecular complexity index is 1250. The van der Waals surface area contributed by atoms with Crippen molar-refractivity contribution >= 4 is 23.4 Å². The lowest BCUT2D eigenvalue weighted by Gasteiger charge is -2.14. The van der Waals surface area contributed by atoms with Crippen molar-refractivity contribution in [1.29, 1.82) is 0 Å². The lowest BCUT2D eigenvalue weighted by molar-refractivity contribution is -0.137. The topological polar surface area (TPSA) is 97.2 Å². The third kappa shape index (κ3) is 3.64. The second-order valence-corrected chi connectivity index (χ2v) is 6.79. The average molecular weight is 441 g/mol. The molecule has 4 rings (SSSR count). The van der Waals surface area contributed by atoms with Crippen LogP contribution in [0.4, 0.5) is 18.9 Å². The van der Waals surface area contributed by atoms with Crippen LogP contribution < -0.4 is 5.32 Å². The summed E-state index contributed by atoms with van der Waals surface area (Å²) in [6, 6.07) is 6.68. The lowest BCUT2D eigenvalue weighted by atomic mass is 10.0. The Morgan fingerprint density at radius 1 is 1.09 bits per heavy atom. The molecule has 2 aromatic carbocycles. The van der Waals surface area contributed by atoms with Crippen molar-refractivity contribution in [2.75, 3.05) is 11.9 Å². The summed E-state index contributed by atoms with van der Waals surface area (Å²) in [6.45, 7) is 3.51. The van der Waals surface area contributed by atoms with Gasteiger partial charge in [-0.1, -0.05) is 6.08 Å². The van der Waals surface area contributed by atoms with E-state index < -0.39 is 29.5 Å². The van der Waals surface area contributed by atoms with Crippen LogP contribution in [0.15, 0.2) is 61.7 Å². The fourth-order valence-corrected chi connectivity index (χ4v) is 3.27. The summed E-state index contributed by atoms with van der Waals surface area (Å²) in [6.07, 6.45) is -0.766. The first-order valence-corrected chi connectivity index (χ1v) is 9.19. The number of alkyl halides is 3. The number of hydrogen-bond acceptors (Lipinski definition) is 5. The minimum atomic E-state index is -4.63. The standard InChI is InChI=1S/C21H14F3N5O3/c1-2-7-28-19(31)14-5-3-12(8-15(14)20(28)32)18(30)27-16-9-13(21(22,23)24)4-6-17(16)29-11-25-10-26-29/h2-6,8-11H,1,7H2,(H,27,30). The van der Waals surface area contributed by atoms with Gasteiger partial charge in [-0.3, -0.25) is 19.3 Å². The third-order valence-corrected chi connectivity index (χ3v) is 4.78. The molecule has 0 saturated carbocycles. The number of hydrogen-bond donors (Lipinski definition) is 1. The van der Waals surface area contributed by atoms with E-state index in [0.717, 1.165) is 23.1 Å². The largest absolute Gasteiger partial charge is 0.416 e. The van der Waals surface area contributed by atoms with Crippen LogP contribution in [-0.2, 0) is 6.18 Å². The minimum Gasteiger partial charge on any atom is -0.320 e. The van der Waals surface area contributed by atoms with Crippen LogP contribution in [0.25, 0.3) is 5.69 Å². The number of carbonyl (C=O) groups is 3. The van der Waals surface area contributed by atoms with Crippen LogP contribution >= 0.6 is 0 Å². The van der Waals surface area contributed by atoms with Crippen LogP contribution in [0, 0.1) is 0 Å². The monoisotopic (exact) mass is 441 g/mol. The van der Waals surface area contributed by atoms with Crippen molar-refractivity contribution in [3.8, 4) is 5.69 Å². The fourth-order valence-electron chi connectivity index (χ4n) is 3.27. The molecule has 1 N–H and O–H groups in total. The van der Waals surface area contributed by atoms with Crippen molar-refractivity contribution < 1.29 is 27.6 Å². The first kappa shape index (κ1) is 21.0. The van der Waals surface area contributed by atoms with Gasteiger partial charge in [0, 0.05) is 12.1 Å². The van der Waals surface area contributed by atoms with Gasteiger partial charge >= 0.3 is 6.18 Å².